The molecule has 1 saturated heterocycles. The summed E-state index contributed by atoms with van der Waals surface area (Å²) in [6.45, 7) is 5.35. The summed E-state index contributed by atoms with van der Waals surface area (Å²) < 4.78 is 13.2. The molecular weight excluding hydrogens is 341 g/mol. The topological polar surface area (TPSA) is 44.4 Å². The maximum Gasteiger partial charge on any atom is 0.234 e. The minimum atomic E-state index is -0.232. The highest BCUT2D eigenvalue weighted by Gasteiger charge is 2.29. The van der Waals surface area contributed by atoms with Gasteiger partial charge in [0.05, 0.1) is 12.6 Å². The molecule has 3 rings (SSSR count). The monoisotopic (exact) mass is 369 g/mol. The number of rotatable bonds is 5. The zero-order valence-electron chi connectivity index (χ0n) is 14.8. The van der Waals surface area contributed by atoms with Gasteiger partial charge in [-0.05, 0) is 43.4 Å². The zero-order valence-corrected chi connectivity index (χ0v) is 15.7. The van der Waals surface area contributed by atoms with Crippen LogP contribution in [0.2, 0.25) is 0 Å². The van der Waals surface area contributed by atoms with Crippen molar-refractivity contribution in [2.45, 2.75) is 44.7 Å². The van der Waals surface area contributed by atoms with Crippen molar-refractivity contribution in [3.8, 4) is 0 Å². The van der Waals surface area contributed by atoms with Crippen LogP contribution in [0.25, 0.3) is 0 Å². The quantitative estimate of drug-likeness (QED) is 0.838. The average Bonchev–Trinajstić information content (AvgIpc) is 3.10. The molecule has 6 heteroatoms. The van der Waals surface area contributed by atoms with Crippen LogP contribution in [-0.2, 0) is 4.79 Å². The number of nitrogens with zero attached hydrogens (tertiary/aromatic N) is 1. The van der Waals surface area contributed by atoms with Gasteiger partial charge in [-0.15, -0.1) is 12.4 Å². The lowest BCUT2D eigenvalue weighted by Gasteiger charge is -2.34. The van der Waals surface area contributed by atoms with Crippen LogP contribution in [0.3, 0.4) is 0 Å². The molecule has 25 heavy (non-hydrogen) atoms. The molecular formula is C19H29ClFN3O. The van der Waals surface area contributed by atoms with E-state index in [1.54, 1.807) is 0 Å². The summed E-state index contributed by atoms with van der Waals surface area (Å²) in [7, 11) is 0. The van der Waals surface area contributed by atoms with Crippen LogP contribution >= 0.6 is 12.4 Å². The van der Waals surface area contributed by atoms with Crippen LogP contribution in [0.15, 0.2) is 24.3 Å². The molecule has 1 unspecified atom stereocenters. The number of hydrogen-bond donors (Lipinski definition) is 2. The van der Waals surface area contributed by atoms with E-state index in [1.165, 1.54) is 25.0 Å². The summed E-state index contributed by atoms with van der Waals surface area (Å²) in [6, 6.07) is 6.97. The first-order chi connectivity index (χ1) is 11.6. The third kappa shape index (κ3) is 5.40. The van der Waals surface area contributed by atoms with Gasteiger partial charge in [0.25, 0.3) is 0 Å². The second-order valence-electron chi connectivity index (χ2n) is 7.16. The van der Waals surface area contributed by atoms with E-state index in [0.717, 1.165) is 38.0 Å². The van der Waals surface area contributed by atoms with Crippen molar-refractivity contribution in [3.63, 3.8) is 0 Å². The largest absolute Gasteiger partial charge is 0.348 e. The molecule has 1 heterocycles. The molecule has 0 aromatic heterocycles. The Balaban J connectivity index is 0.00000225. The Bertz CT molecular complexity index is 548. The van der Waals surface area contributed by atoms with E-state index in [2.05, 4.69) is 22.5 Å². The van der Waals surface area contributed by atoms with Crippen LogP contribution in [0.4, 0.5) is 4.39 Å². The molecule has 2 fully saturated rings. The normalized spacial score (nSPS) is 23.0. The van der Waals surface area contributed by atoms with Crippen molar-refractivity contribution in [2.75, 3.05) is 26.2 Å². The molecule has 1 aromatic rings. The Morgan fingerprint density at radius 1 is 1.32 bits per heavy atom. The van der Waals surface area contributed by atoms with Crippen molar-refractivity contribution < 1.29 is 9.18 Å². The summed E-state index contributed by atoms with van der Waals surface area (Å²) in [4.78, 5) is 14.8. The molecule has 2 N–H and O–H groups in total. The van der Waals surface area contributed by atoms with Gasteiger partial charge in [-0.25, -0.2) is 4.39 Å². The minimum Gasteiger partial charge on any atom is -0.348 e. The number of piperazine rings is 1. The van der Waals surface area contributed by atoms with E-state index in [1.807, 2.05) is 12.1 Å². The van der Waals surface area contributed by atoms with Gasteiger partial charge >= 0.3 is 0 Å². The van der Waals surface area contributed by atoms with Crippen LogP contribution in [0.1, 0.15) is 44.2 Å². The molecule has 0 spiro atoms. The molecule has 1 amide bonds. The third-order valence-electron chi connectivity index (χ3n) is 5.40. The van der Waals surface area contributed by atoms with E-state index < -0.39 is 0 Å². The summed E-state index contributed by atoms with van der Waals surface area (Å²) in [5.41, 5.74) is 1.02. The first-order valence-corrected chi connectivity index (χ1v) is 9.13. The SMILES string of the molecule is C[C@@H]1CNCCN1CC(=O)NC(c1ccc(F)cc1)C1CCCC1.Cl. The fraction of sp³-hybridized carbons (Fsp3) is 0.632. The number of benzene rings is 1. The fourth-order valence-corrected chi connectivity index (χ4v) is 3.96. The van der Waals surface area contributed by atoms with Gasteiger partial charge in [0.1, 0.15) is 5.82 Å². The van der Waals surface area contributed by atoms with E-state index in [-0.39, 0.29) is 30.2 Å². The predicted molar refractivity (Wildman–Crippen MR) is 100 cm³/mol. The molecule has 4 nitrogen and oxygen atoms in total. The minimum absolute atomic E-state index is 0. The van der Waals surface area contributed by atoms with Crippen LogP contribution in [-0.4, -0.2) is 43.0 Å². The van der Waals surface area contributed by atoms with Gasteiger partial charge < -0.3 is 10.6 Å². The number of carbonyl (C=O) groups is 1. The highest BCUT2D eigenvalue weighted by Crippen LogP contribution is 2.35. The number of halogens is 2. The lowest BCUT2D eigenvalue weighted by Crippen LogP contribution is -2.53. The Kier molecular flexibility index (Phi) is 7.66. The summed E-state index contributed by atoms with van der Waals surface area (Å²) in [5, 5.41) is 6.58. The van der Waals surface area contributed by atoms with Gasteiger partial charge in [-0.2, -0.15) is 0 Å². The maximum atomic E-state index is 13.2. The molecule has 1 aromatic carbocycles. The molecule has 1 aliphatic carbocycles. The summed E-state index contributed by atoms with van der Waals surface area (Å²) in [6.07, 6.45) is 4.69. The smallest absolute Gasteiger partial charge is 0.234 e. The van der Waals surface area contributed by atoms with E-state index in [4.69, 9.17) is 0 Å². The van der Waals surface area contributed by atoms with Crippen LogP contribution in [0.5, 0.6) is 0 Å². The van der Waals surface area contributed by atoms with Gasteiger partial charge in [0.15, 0.2) is 0 Å². The summed E-state index contributed by atoms with van der Waals surface area (Å²) >= 11 is 0. The van der Waals surface area contributed by atoms with E-state index in [0.29, 0.717) is 18.5 Å². The third-order valence-corrected chi connectivity index (χ3v) is 5.40. The van der Waals surface area contributed by atoms with Gasteiger partial charge in [0, 0.05) is 25.7 Å². The van der Waals surface area contributed by atoms with Gasteiger partial charge in [-0.1, -0.05) is 25.0 Å². The molecule has 0 radical (unpaired) electrons. The van der Waals surface area contributed by atoms with Crippen molar-refractivity contribution in [1.82, 2.24) is 15.5 Å². The highest BCUT2D eigenvalue weighted by molar-refractivity contribution is 5.85. The first kappa shape index (κ1) is 20.1. The summed E-state index contributed by atoms with van der Waals surface area (Å²) in [5.74, 6) is 0.301. The van der Waals surface area contributed by atoms with Crippen LogP contribution < -0.4 is 10.6 Å². The van der Waals surface area contributed by atoms with Gasteiger partial charge in [-0.3, -0.25) is 9.69 Å². The van der Waals surface area contributed by atoms with Crippen molar-refractivity contribution in [1.29, 1.82) is 0 Å². The number of carbonyl (C=O) groups excluding carboxylic acids is 1. The average molecular weight is 370 g/mol. The second kappa shape index (κ2) is 9.51. The molecule has 140 valence electrons. The number of nitrogens with one attached hydrogen (secondary N) is 2. The van der Waals surface area contributed by atoms with Crippen molar-refractivity contribution in [3.05, 3.63) is 35.6 Å². The Morgan fingerprint density at radius 2 is 2.00 bits per heavy atom. The highest BCUT2D eigenvalue weighted by atomic mass is 35.5. The van der Waals surface area contributed by atoms with Crippen LogP contribution in [0, 0.1) is 11.7 Å². The first-order valence-electron chi connectivity index (χ1n) is 9.13. The zero-order chi connectivity index (χ0) is 16.9. The lowest BCUT2D eigenvalue weighted by atomic mass is 9.91. The molecule has 2 aliphatic rings. The standard InChI is InChI=1S/C19H28FN3O.ClH/c1-14-12-21-10-11-23(14)13-18(24)22-19(15-4-2-3-5-15)16-6-8-17(20)9-7-16;/h6-9,14-15,19,21H,2-5,10-13H2,1H3,(H,22,24);1H/t14-,19?;/m1./s1. The van der Waals surface area contributed by atoms with E-state index in [9.17, 15) is 9.18 Å². The Labute approximate surface area is 156 Å². The molecule has 0 bridgehead atoms. The van der Waals surface area contributed by atoms with Crippen molar-refractivity contribution >= 4 is 18.3 Å². The number of amides is 1. The van der Waals surface area contributed by atoms with E-state index >= 15 is 0 Å². The molecule has 2 atom stereocenters. The Morgan fingerprint density at radius 3 is 2.64 bits per heavy atom. The van der Waals surface area contributed by atoms with Crippen molar-refractivity contribution in [2.24, 2.45) is 5.92 Å². The maximum absolute atomic E-state index is 13.2. The number of hydrogen-bond acceptors (Lipinski definition) is 3. The molecule has 1 aliphatic heterocycles. The Hall–Kier alpha value is -1.17. The van der Waals surface area contributed by atoms with Gasteiger partial charge in [0.2, 0.25) is 5.91 Å². The fourth-order valence-electron chi connectivity index (χ4n) is 3.96. The molecule has 1 saturated carbocycles. The predicted octanol–water partition coefficient (Wildman–Crippen LogP) is 2.89. The lowest BCUT2D eigenvalue weighted by molar-refractivity contribution is -0.124. The second-order valence-corrected chi connectivity index (χ2v) is 7.16.